The van der Waals surface area contributed by atoms with Gasteiger partial charge in [-0.05, 0) is 19.8 Å². The van der Waals surface area contributed by atoms with Crippen LogP contribution in [0, 0.1) is 18.6 Å². The van der Waals surface area contributed by atoms with Crippen LogP contribution in [0.15, 0.2) is 11.0 Å². The Labute approximate surface area is 117 Å². The molecule has 1 fully saturated rings. The highest BCUT2D eigenvalue weighted by molar-refractivity contribution is 5.98. The number of carbonyl (C=O) groups is 1. The van der Waals surface area contributed by atoms with Gasteiger partial charge in [0.1, 0.15) is 5.56 Å². The van der Waals surface area contributed by atoms with Crippen molar-refractivity contribution in [3.63, 3.8) is 0 Å². The van der Waals surface area contributed by atoms with Crippen molar-refractivity contribution < 1.29 is 18.7 Å². The SMILES string of the molecule is Cc1c(F)c(N)c2c(=O)c(C(=O)O)cn(C3CC3)c2c1F. The van der Waals surface area contributed by atoms with E-state index < -0.39 is 39.7 Å². The van der Waals surface area contributed by atoms with Crippen molar-refractivity contribution in [3.05, 3.63) is 39.2 Å². The van der Waals surface area contributed by atoms with E-state index in [1.807, 2.05) is 0 Å². The fourth-order valence-electron chi connectivity index (χ4n) is 2.49. The summed E-state index contributed by atoms with van der Waals surface area (Å²) in [6.07, 6.45) is 2.60. The van der Waals surface area contributed by atoms with Crippen molar-refractivity contribution >= 4 is 22.6 Å². The predicted molar refractivity (Wildman–Crippen MR) is 72.5 cm³/mol. The molecule has 1 aromatic heterocycles. The molecule has 1 aliphatic carbocycles. The second-order valence-corrected chi connectivity index (χ2v) is 5.21. The Bertz CT molecular complexity index is 854. The van der Waals surface area contributed by atoms with Crippen molar-refractivity contribution in [2.24, 2.45) is 0 Å². The molecule has 3 rings (SSSR count). The zero-order chi connectivity index (χ0) is 15.5. The third-order valence-corrected chi connectivity index (χ3v) is 3.78. The molecule has 0 bridgehead atoms. The minimum atomic E-state index is -1.45. The molecule has 0 aliphatic heterocycles. The van der Waals surface area contributed by atoms with Crippen LogP contribution in [0.5, 0.6) is 0 Å². The predicted octanol–water partition coefficient (Wildman–Crippen LogP) is 2.20. The molecular formula is C14H12F2N2O3. The van der Waals surface area contributed by atoms with E-state index in [4.69, 9.17) is 10.8 Å². The third-order valence-electron chi connectivity index (χ3n) is 3.78. The molecule has 0 saturated heterocycles. The zero-order valence-corrected chi connectivity index (χ0v) is 11.1. The second-order valence-electron chi connectivity index (χ2n) is 5.21. The summed E-state index contributed by atoms with van der Waals surface area (Å²) in [6.45, 7) is 1.23. The summed E-state index contributed by atoms with van der Waals surface area (Å²) < 4.78 is 29.7. The number of aromatic carboxylic acids is 1. The Balaban J connectivity index is 2.59. The van der Waals surface area contributed by atoms with E-state index in [9.17, 15) is 18.4 Å². The van der Waals surface area contributed by atoms with Crippen molar-refractivity contribution in [2.45, 2.75) is 25.8 Å². The molecular weight excluding hydrogens is 282 g/mol. The molecule has 7 heteroatoms. The number of nitrogens with zero attached hydrogens (tertiary/aromatic N) is 1. The molecule has 1 heterocycles. The molecule has 1 aromatic carbocycles. The van der Waals surface area contributed by atoms with E-state index in [0.717, 1.165) is 19.0 Å². The summed E-state index contributed by atoms with van der Waals surface area (Å²) >= 11 is 0. The minimum absolute atomic E-state index is 0.0926. The summed E-state index contributed by atoms with van der Waals surface area (Å²) in [5, 5.41) is 8.69. The lowest BCUT2D eigenvalue weighted by atomic mass is 10.0. The topological polar surface area (TPSA) is 85.3 Å². The fraction of sp³-hybridized carbons (Fsp3) is 0.286. The van der Waals surface area contributed by atoms with E-state index in [1.54, 1.807) is 0 Å². The van der Waals surface area contributed by atoms with Gasteiger partial charge in [-0.1, -0.05) is 0 Å². The average Bonchev–Trinajstić information content (AvgIpc) is 3.26. The van der Waals surface area contributed by atoms with Gasteiger partial charge in [0.2, 0.25) is 5.43 Å². The van der Waals surface area contributed by atoms with Crippen LogP contribution in [0.4, 0.5) is 14.5 Å². The Morgan fingerprint density at radius 1 is 1.38 bits per heavy atom. The van der Waals surface area contributed by atoms with Crippen LogP contribution in [0.25, 0.3) is 10.9 Å². The number of aromatic nitrogens is 1. The Hall–Kier alpha value is -2.44. The van der Waals surface area contributed by atoms with Crippen LogP contribution in [0.1, 0.15) is 34.8 Å². The van der Waals surface area contributed by atoms with Gasteiger partial charge in [-0.25, -0.2) is 13.6 Å². The molecule has 21 heavy (non-hydrogen) atoms. The van der Waals surface area contributed by atoms with E-state index in [0.29, 0.717) is 0 Å². The molecule has 0 amide bonds. The lowest BCUT2D eigenvalue weighted by molar-refractivity contribution is 0.0695. The first-order chi connectivity index (χ1) is 9.84. The molecule has 2 aromatic rings. The maximum Gasteiger partial charge on any atom is 0.341 e. The number of carboxylic acids is 1. The molecule has 5 nitrogen and oxygen atoms in total. The Morgan fingerprint density at radius 3 is 2.52 bits per heavy atom. The number of nitrogen functional groups attached to an aromatic ring is 1. The largest absolute Gasteiger partial charge is 0.477 e. The Morgan fingerprint density at radius 2 is 2.00 bits per heavy atom. The Kier molecular flexibility index (Phi) is 2.76. The number of benzene rings is 1. The van der Waals surface area contributed by atoms with Gasteiger partial charge in [-0.3, -0.25) is 4.79 Å². The number of hydrogen-bond acceptors (Lipinski definition) is 3. The van der Waals surface area contributed by atoms with Crippen LogP contribution >= 0.6 is 0 Å². The smallest absolute Gasteiger partial charge is 0.341 e. The average molecular weight is 294 g/mol. The van der Waals surface area contributed by atoms with Gasteiger partial charge >= 0.3 is 5.97 Å². The van der Waals surface area contributed by atoms with Gasteiger partial charge in [-0.15, -0.1) is 0 Å². The number of halogens is 2. The number of hydrogen-bond donors (Lipinski definition) is 2. The van der Waals surface area contributed by atoms with E-state index in [2.05, 4.69) is 0 Å². The number of rotatable bonds is 2. The quantitative estimate of drug-likeness (QED) is 0.831. The van der Waals surface area contributed by atoms with Gasteiger partial charge in [0.25, 0.3) is 0 Å². The number of anilines is 1. The van der Waals surface area contributed by atoms with Crippen LogP contribution < -0.4 is 11.2 Å². The van der Waals surface area contributed by atoms with Crippen molar-refractivity contribution in [3.8, 4) is 0 Å². The summed E-state index contributed by atoms with van der Waals surface area (Å²) in [6, 6.07) is -0.0926. The highest BCUT2D eigenvalue weighted by Gasteiger charge is 2.30. The normalized spacial score (nSPS) is 14.6. The van der Waals surface area contributed by atoms with Crippen molar-refractivity contribution in [1.29, 1.82) is 0 Å². The first kappa shape index (κ1) is 13.5. The molecule has 0 unspecified atom stereocenters. The maximum absolute atomic E-state index is 14.4. The van der Waals surface area contributed by atoms with Crippen LogP contribution in [-0.2, 0) is 0 Å². The standard InChI is InChI=1S/C14H12F2N2O3/c1-5-9(15)11(17)8-12(10(5)16)18(6-2-3-6)4-7(13(8)19)14(20)21/h4,6H,2-3,17H2,1H3,(H,20,21). The van der Waals surface area contributed by atoms with Crippen molar-refractivity contribution in [1.82, 2.24) is 4.57 Å². The number of carboxylic acid groups (broad SMARTS) is 1. The van der Waals surface area contributed by atoms with Gasteiger partial charge in [0.05, 0.1) is 16.6 Å². The fourth-order valence-corrected chi connectivity index (χ4v) is 2.49. The van der Waals surface area contributed by atoms with Gasteiger partial charge in [-0.2, -0.15) is 0 Å². The molecule has 110 valence electrons. The molecule has 0 atom stereocenters. The molecule has 0 radical (unpaired) electrons. The zero-order valence-electron chi connectivity index (χ0n) is 11.1. The molecule has 0 spiro atoms. The first-order valence-electron chi connectivity index (χ1n) is 6.39. The molecule has 3 N–H and O–H groups in total. The van der Waals surface area contributed by atoms with Crippen LogP contribution in [0.2, 0.25) is 0 Å². The third kappa shape index (κ3) is 1.80. The second kappa shape index (κ2) is 4.28. The summed E-state index contributed by atoms with van der Waals surface area (Å²) in [5.41, 5.74) is 3.18. The van der Waals surface area contributed by atoms with E-state index in [1.165, 1.54) is 11.5 Å². The monoisotopic (exact) mass is 294 g/mol. The van der Waals surface area contributed by atoms with Gasteiger partial charge in [0, 0.05) is 17.8 Å². The minimum Gasteiger partial charge on any atom is -0.477 e. The number of fused-ring (bicyclic) bond motifs is 1. The van der Waals surface area contributed by atoms with Gasteiger partial charge in [0.15, 0.2) is 11.6 Å². The van der Waals surface area contributed by atoms with Gasteiger partial charge < -0.3 is 15.4 Å². The number of nitrogens with two attached hydrogens (primary N) is 1. The lowest BCUT2D eigenvalue weighted by Crippen LogP contribution is -2.21. The first-order valence-corrected chi connectivity index (χ1v) is 6.39. The van der Waals surface area contributed by atoms with E-state index >= 15 is 0 Å². The molecule has 1 aliphatic rings. The van der Waals surface area contributed by atoms with E-state index in [-0.39, 0.29) is 17.1 Å². The highest BCUT2D eigenvalue weighted by atomic mass is 19.1. The summed E-state index contributed by atoms with van der Waals surface area (Å²) in [7, 11) is 0. The van der Waals surface area contributed by atoms with Crippen LogP contribution in [0.3, 0.4) is 0 Å². The summed E-state index contributed by atoms with van der Waals surface area (Å²) in [5.74, 6) is -3.35. The lowest BCUT2D eigenvalue weighted by Gasteiger charge is -2.15. The summed E-state index contributed by atoms with van der Waals surface area (Å²) in [4.78, 5) is 23.4. The number of pyridine rings is 1. The molecule has 1 saturated carbocycles. The maximum atomic E-state index is 14.4. The van der Waals surface area contributed by atoms with Crippen LogP contribution in [-0.4, -0.2) is 15.6 Å². The van der Waals surface area contributed by atoms with Crippen molar-refractivity contribution in [2.75, 3.05) is 5.73 Å². The highest BCUT2D eigenvalue weighted by Crippen LogP contribution is 2.39.